The molecule has 0 rings (SSSR count). The molecule has 0 bridgehead atoms. The first-order chi connectivity index (χ1) is 4.06. The van der Waals surface area contributed by atoms with Gasteiger partial charge in [-0.1, -0.05) is 18.4 Å². The van der Waals surface area contributed by atoms with Crippen LogP contribution in [0.25, 0.3) is 0 Å². The van der Waals surface area contributed by atoms with Gasteiger partial charge in [-0.2, -0.15) is 0 Å². The molecule has 0 aliphatic heterocycles. The minimum Gasteiger partial charge on any atom is -0.120 e. The number of alkyl halides is 1. The zero-order chi connectivity index (χ0) is 7.33. The molecule has 1 heteroatoms. The Morgan fingerprint density at radius 2 is 2.11 bits per heavy atom. The molecule has 0 atom stereocenters. The third-order valence-corrected chi connectivity index (χ3v) is 0.638. The number of hydrogen-bond acceptors (Lipinski definition) is 0. The summed E-state index contributed by atoms with van der Waals surface area (Å²) in [7, 11) is 0. The average Bonchev–Trinajstić information content (AvgIpc) is 1.63. The van der Waals surface area contributed by atoms with Gasteiger partial charge in [-0.25, -0.2) is 0 Å². The number of halogens is 1. The van der Waals surface area contributed by atoms with Crippen molar-refractivity contribution in [3.8, 4) is 11.8 Å². The molecule has 0 aliphatic carbocycles. The molecular weight excluding hydrogens is 132 g/mol. The fourth-order valence-electron chi connectivity index (χ4n) is 0.259. The summed E-state index contributed by atoms with van der Waals surface area (Å²) in [6.45, 7) is 7.02. The first-order valence-electron chi connectivity index (χ1n) is 2.62. The monoisotopic (exact) mass is 140 g/mol. The second kappa shape index (κ2) is 3.41. The number of rotatable bonds is 0. The van der Waals surface area contributed by atoms with Crippen LogP contribution in [0, 0.1) is 11.8 Å². The van der Waals surface area contributed by atoms with Gasteiger partial charge >= 0.3 is 0 Å². The molecule has 0 fully saturated rings. The number of hydrogen-bond donors (Lipinski definition) is 0. The molecule has 0 saturated carbocycles. The molecule has 0 spiro atoms. The summed E-state index contributed by atoms with van der Waals surface area (Å²) in [5.41, 5.74) is 2.53. The van der Waals surface area contributed by atoms with Gasteiger partial charge in [0.25, 0.3) is 0 Å². The van der Waals surface area contributed by atoms with Crippen molar-refractivity contribution in [2.24, 2.45) is 0 Å². The van der Waals surface area contributed by atoms with Gasteiger partial charge in [0.2, 0.25) is 0 Å². The zero-order valence-corrected chi connectivity index (χ0v) is 6.42. The lowest BCUT2D eigenvalue weighted by Gasteiger charge is -2.02. The van der Waals surface area contributed by atoms with Gasteiger partial charge in [-0.05, 0) is 13.8 Å². The quantitative estimate of drug-likeness (QED) is 0.275. The van der Waals surface area contributed by atoms with Crippen LogP contribution >= 0.6 is 11.6 Å². The van der Waals surface area contributed by atoms with Gasteiger partial charge in [0.05, 0.1) is 4.87 Å². The normalized spacial score (nSPS) is 8.78. The maximum absolute atomic E-state index is 5.73. The lowest BCUT2D eigenvalue weighted by molar-refractivity contribution is 0.917. The van der Waals surface area contributed by atoms with E-state index < -0.39 is 4.87 Å². The molecule has 0 aromatic heterocycles. The third kappa shape index (κ3) is 7.37. The molecule has 0 aliphatic rings. The zero-order valence-electron chi connectivity index (χ0n) is 5.66. The smallest absolute Gasteiger partial charge is 0.0997 e. The second-order valence-electron chi connectivity index (χ2n) is 2.09. The lowest BCUT2D eigenvalue weighted by Crippen LogP contribution is -2.04. The van der Waals surface area contributed by atoms with Crippen molar-refractivity contribution in [2.45, 2.75) is 18.7 Å². The lowest BCUT2D eigenvalue weighted by atomic mass is 10.2. The Hall–Kier alpha value is -0.630. The average molecular weight is 141 g/mol. The molecule has 0 N–H and O–H groups in total. The van der Waals surface area contributed by atoms with Gasteiger partial charge in [-0.3, -0.25) is 0 Å². The summed E-state index contributed by atoms with van der Waals surface area (Å²) in [6, 6.07) is 0. The molecule has 0 aromatic rings. The topological polar surface area (TPSA) is 0 Å². The molecule has 0 nitrogen and oxygen atoms in total. The molecule has 0 saturated heterocycles. The van der Waals surface area contributed by atoms with Crippen LogP contribution in [-0.2, 0) is 0 Å². The van der Waals surface area contributed by atoms with E-state index in [1.54, 1.807) is 6.08 Å². The first kappa shape index (κ1) is 8.37. The van der Waals surface area contributed by atoms with E-state index in [-0.39, 0.29) is 0 Å². The van der Waals surface area contributed by atoms with Crippen molar-refractivity contribution in [1.29, 1.82) is 0 Å². The van der Waals surface area contributed by atoms with Gasteiger partial charge < -0.3 is 0 Å². The second-order valence-corrected chi connectivity index (χ2v) is 3.04. The van der Waals surface area contributed by atoms with E-state index >= 15 is 0 Å². The van der Waals surface area contributed by atoms with Crippen LogP contribution < -0.4 is 0 Å². The minimum absolute atomic E-state index is 0.437. The van der Waals surface area contributed by atoms with E-state index in [2.05, 4.69) is 24.2 Å². The van der Waals surface area contributed by atoms with Crippen molar-refractivity contribution < 1.29 is 0 Å². The van der Waals surface area contributed by atoms with Gasteiger partial charge in [0.1, 0.15) is 0 Å². The van der Waals surface area contributed by atoms with E-state index in [4.69, 9.17) is 11.6 Å². The Labute approximate surface area is 61.2 Å². The highest BCUT2D eigenvalue weighted by molar-refractivity contribution is 6.25. The Morgan fingerprint density at radius 1 is 1.56 bits per heavy atom. The van der Waals surface area contributed by atoms with Crippen LogP contribution in [0.2, 0.25) is 0 Å². The molecule has 9 heavy (non-hydrogen) atoms. The summed E-state index contributed by atoms with van der Waals surface area (Å²) in [5, 5.41) is 0. The van der Waals surface area contributed by atoms with E-state index in [0.29, 0.717) is 0 Å². The summed E-state index contributed by atoms with van der Waals surface area (Å²) < 4.78 is 0. The third-order valence-electron chi connectivity index (χ3n) is 0.544. The van der Waals surface area contributed by atoms with Gasteiger partial charge in [0.15, 0.2) is 0 Å². The molecule has 0 amide bonds. The molecule has 0 heterocycles. The maximum atomic E-state index is 5.73. The highest BCUT2D eigenvalue weighted by Crippen LogP contribution is 2.09. The van der Waals surface area contributed by atoms with Gasteiger partial charge in [0, 0.05) is 6.08 Å². The van der Waals surface area contributed by atoms with Crippen LogP contribution in [0.3, 0.4) is 0 Å². The van der Waals surface area contributed by atoms with Crippen molar-refractivity contribution >= 4 is 11.6 Å². The molecule has 0 aromatic carbocycles. The summed E-state index contributed by atoms with van der Waals surface area (Å²) in [4.78, 5) is -0.437. The highest BCUT2D eigenvalue weighted by atomic mass is 35.5. The molecule has 0 unspecified atom stereocenters. The Kier molecular flexibility index (Phi) is 3.17. The van der Waals surface area contributed by atoms with Crippen molar-refractivity contribution in [1.82, 2.24) is 0 Å². The van der Waals surface area contributed by atoms with E-state index in [1.807, 2.05) is 13.8 Å². The largest absolute Gasteiger partial charge is 0.120 e. The maximum Gasteiger partial charge on any atom is 0.0997 e. The summed E-state index contributed by atoms with van der Waals surface area (Å²) in [5.74, 6) is 5.47. The Balaban J connectivity index is 4.03. The van der Waals surface area contributed by atoms with Crippen LogP contribution in [0.4, 0.5) is 0 Å². The Bertz CT molecular complexity index is 179. The molecule has 0 radical (unpaired) electrons. The van der Waals surface area contributed by atoms with Crippen LogP contribution in [-0.4, -0.2) is 4.87 Å². The SMILES string of the molecule is C=C=CC#CC(C)(C)Cl. The van der Waals surface area contributed by atoms with E-state index in [9.17, 15) is 0 Å². The molecular formula is C8H9Cl. The summed E-state index contributed by atoms with van der Waals surface area (Å²) >= 11 is 5.73. The first-order valence-corrected chi connectivity index (χ1v) is 3.00. The standard InChI is InChI=1S/C8H9Cl/c1-4-5-6-7-8(2,3)9/h5H,1H2,2-3H3. The van der Waals surface area contributed by atoms with Crippen molar-refractivity contribution in [3.63, 3.8) is 0 Å². The number of allylic oxidation sites excluding steroid dienone is 1. The predicted molar refractivity (Wildman–Crippen MR) is 41.4 cm³/mol. The Morgan fingerprint density at radius 3 is 2.44 bits per heavy atom. The van der Waals surface area contributed by atoms with Crippen LogP contribution in [0.5, 0.6) is 0 Å². The minimum atomic E-state index is -0.437. The predicted octanol–water partition coefficient (Wildman–Crippen LogP) is 2.35. The van der Waals surface area contributed by atoms with Crippen LogP contribution in [0.15, 0.2) is 18.4 Å². The fourth-order valence-corrected chi connectivity index (χ4v) is 0.313. The van der Waals surface area contributed by atoms with Crippen LogP contribution in [0.1, 0.15) is 13.8 Å². The van der Waals surface area contributed by atoms with Crippen molar-refractivity contribution in [2.75, 3.05) is 0 Å². The van der Waals surface area contributed by atoms with E-state index in [1.165, 1.54) is 0 Å². The van der Waals surface area contributed by atoms with Gasteiger partial charge in [-0.15, -0.1) is 17.3 Å². The highest BCUT2D eigenvalue weighted by Gasteiger charge is 2.05. The molecule has 48 valence electrons. The van der Waals surface area contributed by atoms with E-state index in [0.717, 1.165) is 0 Å². The summed E-state index contributed by atoms with van der Waals surface area (Å²) in [6.07, 6.45) is 1.55. The fraction of sp³-hybridized carbons (Fsp3) is 0.375. The van der Waals surface area contributed by atoms with Crippen molar-refractivity contribution in [3.05, 3.63) is 18.4 Å².